The smallest absolute Gasteiger partial charge is 0.313 e. The van der Waals surface area contributed by atoms with Crippen LogP contribution in [-0.4, -0.2) is 17.9 Å². The summed E-state index contributed by atoms with van der Waals surface area (Å²) in [7, 11) is 0. The van der Waals surface area contributed by atoms with E-state index in [1.54, 1.807) is 13.0 Å². The van der Waals surface area contributed by atoms with E-state index in [0.29, 0.717) is 17.2 Å². The number of nitrogens with one attached hydrogen (secondary N) is 2. The number of amides is 2. The molecule has 1 saturated carbocycles. The van der Waals surface area contributed by atoms with E-state index in [-0.39, 0.29) is 6.04 Å². The summed E-state index contributed by atoms with van der Waals surface area (Å²) in [4.78, 5) is 23.9. The van der Waals surface area contributed by atoms with Crippen LogP contribution in [0.3, 0.4) is 0 Å². The molecule has 0 spiro atoms. The van der Waals surface area contributed by atoms with Crippen molar-refractivity contribution in [2.24, 2.45) is 5.92 Å². The number of hydrogen-bond donors (Lipinski definition) is 2. The second kappa shape index (κ2) is 6.70. The van der Waals surface area contributed by atoms with E-state index in [0.717, 1.165) is 19.3 Å². The molecule has 4 nitrogen and oxygen atoms in total. The van der Waals surface area contributed by atoms with E-state index < -0.39 is 17.6 Å². The Bertz CT molecular complexity index is 545. The summed E-state index contributed by atoms with van der Waals surface area (Å²) >= 11 is 0. The Morgan fingerprint density at radius 1 is 1.19 bits per heavy atom. The molecule has 0 aliphatic heterocycles. The zero-order chi connectivity index (χ0) is 15.4. The molecule has 1 aromatic carbocycles. The molecule has 21 heavy (non-hydrogen) atoms. The van der Waals surface area contributed by atoms with Gasteiger partial charge in [-0.05, 0) is 43.4 Å². The lowest BCUT2D eigenvalue weighted by atomic mass is 9.86. The van der Waals surface area contributed by atoms with Gasteiger partial charge in [-0.2, -0.15) is 0 Å². The second-order valence-corrected chi connectivity index (χ2v) is 5.76. The third-order valence-electron chi connectivity index (χ3n) is 4.08. The normalized spacial score (nSPS) is 21.7. The first-order chi connectivity index (χ1) is 9.97. The predicted octanol–water partition coefficient (Wildman–Crippen LogP) is 2.77. The molecule has 1 aliphatic rings. The molecule has 114 valence electrons. The first-order valence-electron chi connectivity index (χ1n) is 7.35. The topological polar surface area (TPSA) is 58.2 Å². The molecule has 0 bridgehead atoms. The third-order valence-corrected chi connectivity index (χ3v) is 4.08. The van der Waals surface area contributed by atoms with Gasteiger partial charge < -0.3 is 10.6 Å². The van der Waals surface area contributed by atoms with Gasteiger partial charge in [-0.25, -0.2) is 4.39 Å². The lowest BCUT2D eigenvalue weighted by molar-refractivity contribution is -0.137. The van der Waals surface area contributed by atoms with Crippen LogP contribution in [0.15, 0.2) is 18.2 Å². The minimum absolute atomic E-state index is 0.0469. The van der Waals surface area contributed by atoms with Crippen LogP contribution in [-0.2, 0) is 9.59 Å². The molecular formula is C16H21FN2O2. The number of halogens is 1. The number of rotatable bonds is 2. The average Bonchev–Trinajstić information content (AvgIpc) is 2.45. The first-order valence-corrected chi connectivity index (χ1v) is 7.35. The van der Waals surface area contributed by atoms with Gasteiger partial charge in [-0.3, -0.25) is 9.59 Å². The van der Waals surface area contributed by atoms with Gasteiger partial charge in [-0.15, -0.1) is 0 Å². The summed E-state index contributed by atoms with van der Waals surface area (Å²) in [5, 5.41) is 5.24. The van der Waals surface area contributed by atoms with Crippen molar-refractivity contribution in [1.82, 2.24) is 5.32 Å². The molecular weight excluding hydrogens is 271 g/mol. The molecule has 0 heterocycles. The highest BCUT2D eigenvalue weighted by molar-refractivity contribution is 6.39. The van der Waals surface area contributed by atoms with Crippen molar-refractivity contribution in [1.29, 1.82) is 0 Å². The molecule has 2 atom stereocenters. The molecule has 1 aromatic rings. The van der Waals surface area contributed by atoms with Crippen LogP contribution in [0.5, 0.6) is 0 Å². The van der Waals surface area contributed by atoms with Crippen molar-refractivity contribution in [2.45, 2.75) is 45.6 Å². The minimum Gasteiger partial charge on any atom is -0.345 e. The number of carbonyl (C=O) groups excluding carboxylic acids is 2. The van der Waals surface area contributed by atoms with Crippen LogP contribution in [0.25, 0.3) is 0 Å². The van der Waals surface area contributed by atoms with Crippen molar-refractivity contribution < 1.29 is 14.0 Å². The molecule has 2 amide bonds. The highest BCUT2D eigenvalue weighted by atomic mass is 19.1. The van der Waals surface area contributed by atoms with Crippen molar-refractivity contribution in [3.63, 3.8) is 0 Å². The van der Waals surface area contributed by atoms with Gasteiger partial charge in [-0.1, -0.05) is 25.8 Å². The summed E-state index contributed by atoms with van der Waals surface area (Å²) in [5.74, 6) is -1.47. The molecule has 2 rings (SSSR count). The van der Waals surface area contributed by atoms with Gasteiger partial charge >= 0.3 is 11.8 Å². The van der Waals surface area contributed by atoms with Crippen molar-refractivity contribution in [3.05, 3.63) is 29.6 Å². The SMILES string of the molecule is Cc1ccc(F)cc1NC(=O)C(=O)N[C@H]1CCCC[C@@H]1C. The summed E-state index contributed by atoms with van der Waals surface area (Å²) in [6.07, 6.45) is 4.21. The van der Waals surface area contributed by atoms with E-state index in [9.17, 15) is 14.0 Å². The fourth-order valence-electron chi connectivity index (χ4n) is 2.67. The quantitative estimate of drug-likeness (QED) is 0.823. The Hall–Kier alpha value is -1.91. The van der Waals surface area contributed by atoms with Gasteiger partial charge in [0.1, 0.15) is 5.82 Å². The van der Waals surface area contributed by atoms with E-state index in [1.165, 1.54) is 18.6 Å². The Labute approximate surface area is 124 Å². The van der Waals surface area contributed by atoms with Crippen molar-refractivity contribution >= 4 is 17.5 Å². The van der Waals surface area contributed by atoms with Crippen LogP contribution < -0.4 is 10.6 Å². The summed E-state index contributed by atoms with van der Waals surface area (Å²) in [6.45, 7) is 3.83. The number of benzene rings is 1. The highest BCUT2D eigenvalue weighted by Crippen LogP contribution is 2.23. The van der Waals surface area contributed by atoms with Crippen LogP contribution >= 0.6 is 0 Å². The van der Waals surface area contributed by atoms with Gasteiger partial charge in [0.2, 0.25) is 0 Å². The molecule has 5 heteroatoms. The summed E-state index contributed by atoms with van der Waals surface area (Å²) in [6, 6.07) is 4.13. The lowest BCUT2D eigenvalue weighted by Gasteiger charge is -2.29. The third kappa shape index (κ3) is 4.03. The summed E-state index contributed by atoms with van der Waals surface area (Å²) < 4.78 is 13.2. The number of hydrogen-bond acceptors (Lipinski definition) is 2. The maximum atomic E-state index is 13.2. The van der Waals surface area contributed by atoms with Crippen molar-refractivity contribution in [2.75, 3.05) is 5.32 Å². The maximum absolute atomic E-state index is 13.2. The van der Waals surface area contributed by atoms with Crippen LogP contribution in [0.1, 0.15) is 38.2 Å². The fraction of sp³-hybridized carbons (Fsp3) is 0.500. The fourth-order valence-corrected chi connectivity index (χ4v) is 2.67. The Morgan fingerprint density at radius 3 is 2.62 bits per heavy atom. The summed E-state index contributed by atoms with van der Waals surface area (Å²) in [5.41, 5.74) is 1.04. The standard InChI is InChI=1S/C16H21FN2O2/c1-10-5-3-4-6-13(10)18-15(20)16(21)19-14-9-12(17)8-7-11(14)2/h7-10,13H,3-6H2,1-2H3,(H,18,20)(H,19,21)/t10-,13-/m0/s1. The first kappa shape index (κ1) is 15.5. The van der Waals surface area contributed by atoms with E-state index in [4.69, 9.17) is 0 Å². The Balaban J connectivity index is 1.96. The molecule has 1 aliphatic carbocycles. The van der Waals surface area contributed by atoms with Gasteiger partial charge in [0.25, 0.3) is 0 Å². The largest absolute Gasteiger partial charge is 0.345 e. The zero-order valence-corrected chi connectivity index (χ0v) is 12.4. The van der Waals surface area contributed by atoms with Crippen LogP contribution in [0.2, 0.25) is 0 Å². The number of anilines is 1. The van der Waals surface area contributed by atoms with Crippen LogP contribution in [0, 0.1) is 18.7 Å². The van der Waals surface area contributed by atoms with E-state index in [1.807, 2.05) is 0 Å². The average molecular weight is 292 g/mol. The molecule has 0 saturated heterocycles. The minimum atomic E-state index is -0.749. The molecule has 2 N–H and O–H groups in total. The second-order valence-electron chi connectivity index (χ2n) is 5.76. The van der Waals surface area contributed by atoms with Gasteiger partial charge in [0.15, 0.2) is 0 Å². The van der Waals surface area contributed by atoms with E-state index in [2.05, 4.69) is 17.6 Å². The number of aryl methyl sites for hydroxylation is 1. The van der Waals surface area contributed by atoms with E-state index >= 15 is 0 Å². The Kier molecular flexibility index (Phi) is 4.94. The molecule has 0 aromatic heterocycles. The molecule has 0 radical (unpaired) electrons. The highest BCUT2D eigenvalue weighted by Gasteiger charge is 2.25. The Morgan fingerprint density at radius 2 is 1.90 bits per heavy atom. The van der Waals surface area contributed by atoms with Gasteiger partial charge in [0, 0.05) is 11.7 Å². The maximum Gasteiger partial charge on any atom is 0.313 e. The zero-order valence-electron chi connectivity index (χ0n) is 12.4. The predicted molar refractivity (Wildman–Crippen MR) is 79.3 cm³/mol. The number of carbonyl (C=O) groups is 2. The van der Waals surface area contributed by atoms with Crippen molar-refractivity contribution in [3.8, 4) is 0 Å². The van der Waals surface area contributed by atoms with Crippen LogP contribution in [0.4, 0.5) is 10.1 Å². The van der Waals surface area contributed by atoms with Gasteiger partial charge in [0.05, 0.1) is 0 Å². The lowest BCUT2D eigenvalue weighted by Crippen LogP contribution is -2.45. The molecule has 1 fully saturated rings. The molecule has 0 unspecified atom stereocenters. The monoisotopic (exact) mass is 292 g/mol.